The van der Waals surface area contributed by atoms with Crippen LogP contribution in [0.5, 0.6) is 0 Å². The van der Waals surface area contributed by atoms with Crippen LogP contribution in [-0.2, 0) is 11.3 Å². The summed E-state index contributed by atoms with van der Waals surface area (Å²) in [5.74, 6) is 0.843. The average molecular weight is 247 g/mol. The quantitative estimate of drug-likeness (QED) is 0.675. The standard InChI is InChI=1S/C16H25NO/c1-2-11-18-12-5-10-17-13-15-6-3-4-7-16(15)14-8-9-14/h3-4,6-7,14,17H,2,5,8-13H2,1H3. The van der Waals surface area contributed by atoms with E-state index in [9.17, 15) is 0 Å². The van der Waals surface area contributed by atoms with E-state index in [-0.39, 0.29) is 0 Å². The molecule has 0 amide bonds. The minimum absolute atomic E-state index is 0.843. The van der Waals surface area contributed by atoms with Crippen molar-refractivity contribution in [2.75, 3.05) is 19.8 Å². The van der Waals surface area contributed by atoms with Crippen LogP contribution in [0.4, 0.5) is 0 Å². The van der Waals surface area contributed by atoms with E-state index in [2.05, 4.69) is 36.5 Å². The molecule has 1 fully saturated rings. The van der Waals surface area contributed by atoms with E-state index in [0.29, 0.717) is 0 Å². The molecule has 0 aliphatic heterocycles. The van der Waals surface area contributed by atoms with Crippen LogP contribution in [0.2, 0.25) is 0 Å². The Morgan fingerprint density at radius 1 is 1.22 bits per heavy atom. The molecule has 18 heavy (non-hydrogen) atoms. The fourth-order valence-electron chi connectivity index (χ4n) is 2.26. The SMILES string of the molecule is CCCOCCCNCc1ccccc1C1CC1. The normalized spacial score (nSPS) is 14.9. The number of nitrogens with one attached hydrogen (secondary N) is 1. The van der Waals surface area contributed by atoms with Crippen LogP contribution in [-0.4, -0.2) is 19.8 Å². The van der Waals surface area contributed by atoms with Crippen molar-refractivity contribution in [2.24, 2.45) is 0 Å². The molecule has 1 aromatic rings. The van der Waals surface area contributed by atoms with Gasteiger partial charge in [0.2, 0.25) is 0 Å². The predicted octanol–water partition coefficient (Wildman–Crippen LogP) is 3.47. The van der Waals surface area contributed by atoms with Gasteiger partial charge in [0, 0.05) is 19.8 Å². The summed E-state index contributed by atoms with van der Waals surface area (Å²) in [6.07, 6.45) is 4.97. The first-order chi connectivity index (χ1) is 8.92. The molecule has 1 N–H and O–H groups in total. The van der Waals surface area contributed by atoms with Crippen molar-refractivity contribution < 1.29 is 4.74 Å². The molecule has 2 heteroatoms. The fourth-order valence-corrected chi connectivity index (χ4v) is 2.26. The maximum absolute atomic E-state index is 5.47. The summed E-state index contributed by atoms with van der Waals surface area (Å²) in [6, 6.07) is 8.86. The second-order valence-electron chi connectivity index (χ2n) is 5.12. The molecule has 0 spiro atoms. The van der Waals surface area contributed by atoms with Crippen LogP contribution < -0.4 is 5.32 Å². The van der Waals surface area contributed by atoms with Gasteiger partial charge in [-0.2, -0.15) is 0 Å². The highest BCUT2D eigenvalue weighted by Gasteiger charge is 2.25. The first-order valence-electron chi connectivity index (χ1n) is 7.28. The molecular weight excluding hydrogens is 222 g/mol. The maximum Gasteiger partial charge on any atom is 0.0478 e. The van der Waals surface area contributed by atoms with Crippen molar-refractivity contribution in [1.29, 1.82) is 0 Å². The minimum Gasteiger partial charge on any atom is -0.381 e. The van der Waals surface area contributed by atoms with E-state index in [0.717, 1.165) is 45.1 Å². The molecule has 2 rings (SSSR count). The molecule has 0 bridgehead atoms. The predicted molar refractivity (Wildman–Crippen MR) is 75.9 cm³/mol. The first-order valence-corrected chi connectivity index (χ1v) is 7.28. The van der Waals surface area contributed by atoms with Gasteiger partial charge < -0.3 is 10.1 Å². The Bertz CT molecular complexity index is 347. The summed E-state index contributed by atoms with van der Waals surface area (Å²) >= 11 is 0. The number of hydrogen-bond acceptors (Lipinski definition) is 2. The second-order valence-corrected chi connectivity index (χ2v) is 5.12. The smallest absolute Gasteiger partial charge is 0.0478 e. The van der Waals surface area contributed by atoms with E-state index in [1.165, 1.54) is 18.4 Å². The summed E-state index contributed by atoms with van der Waals surface area (Å²) in [6.45, 7) is 5.96. The van der Waals surface area contributed by atoms with E-state index in [1.54, 1.807) is 5.56 Å². The Morgan fingerprint density at radius 3 is 2.83 bits per heavy atom. The van der Waals surface area contributed by atoms with Crippen molar-refractivity contribution in [1.82, 2.24) is 5.32 Å². The van der Waals surface area contributed by atoms with Gasteiger partial charge in [-0.3, -0.25) is 0 Å². The lowest BCUT2D eigenvalue weighted by Gasteiger charge is -2.10. The monoisotopic (exact) mass is 247 g/mol. The zero-order valence-corrected chi connectivity index (χ0v) is 11.5. The van der Waals surface area contributed by atoms with Crippen molar-refractivity contribution in [3.8, 4) is 0 Å². The summed E-state index contributed by atoms with van der Waals surface area (Å²) in [5.41, 5.74) is 3.04. The molecule has 1 aromatic carbocycles. The van der Waals surface area contributed by atoms with E-state index >= 15 is 0 Å². The largest absolute Gasteiger partial charge is 0.381 e. The van der Waals surface area contributed by atoms with Crippen molar-refractivity contribution >= 4 is 0 Å². The summed E-state index contributed by atoms with van der Waals surface area (Å²) < 4.78 is 5.47. The average Bonchev–Trinajstić information content (AvgIpc) is 3.22. The molecule has 0 saturated heterocycles. The molecule has 0 heterocycles. The number of benzene rings is 1. The van der Waals surface area contributed by atoms with Gasteiger partial charge in [-0.1, -0.05) is 31.2 Å². The van der Waals surface area contributed by atoms with Crippen molar-refractivity contribution in [3.63, 3.8) is 0 Å². The molecule has 100 valence electrons. The number of rotatable bonds is 9. The van der Waals surface area contributed by atoms with Crippen LogP contribution in [0.25, 0.3) is 0 Å². The highest BCUT2D eigenvalue weighted by atomic mass is 16.5. The lowest BCUT2D eigenvalue weighted by Crippen LogP contribution is -2.17. The molecule has 0 radical (unpaired) electrons. The zero-order valence-electron chi connectivity index (χ0n) is 11.5. The summed E-state index contributed by atoms with van der Waals surface area (Å²) in [5, 5.41) is 3.52. The maximum atomic E-state index is 5.47. The van der Waals surface area contributed by atoms with Crippen LogP contribution >= 0.6 is 0 Å². The molecule has 1 saturated carbocycles. The highest BCUT2D eigenvalue weighted by Crippen LogP contribution is 2.41. The number of hydrogen-bond donors (Lipinski definition) is 1. The molecule has 2 nitrogen and oxygen atoms in total. The van der Waals surface area contributed by atoms with Crippen LogP contribution in [0, 0.1) is 0 Å². The Balaban J connectivity index is 1.64. The third kappa shape index (κ3) is 4.43. The molecule has 1 aliphatic carbocycles. The summed E-state index contributed by atoms with van der Waals surface area (Å²) in [7, 11) is 0. The number of ether oxygens (including phenoxy) is 1. The van der Waals surface area contributed by atoms with Gasteiger partial charge in [0.25, 0.3) is 0 Å². The van der Waals surface area contributed by atoms with E-state index in [1.807, 2.05) is 0 Å². The van der Waals surface area contributed by atoms with Crippen molar-refractivity contribution in [3.05, 3.63) is 35.4 Å². The Morgan fingerprint density at radius 2 is 2.06 bits per heavy atom. The van der Waals surface area contributed by atoms with Crippen molar-refractivity contribution in [2.45, 2.75) is 45.1 Å². The second kappa shape index (κ2) is 7.55. The first kappa shape index (κ1) is 13.6. The van der Waals surface area contributed by atoms with Gasteiger partial charge in [-0.15, -0.1) is 0 Å². The van der Waals surface area contributed by atoms with E-state index in [4.69, 9.17) is 4.74 Å². The molecule has 0 unspecified atom stereocenters. The third-order valence-electron chi connectivity index (χ3n) is 3.38. The Labute approximate surface area is 111 Å². The Kier molecular flexibility index (Phi) is 5.69. The highest BCUT2D eigenvalue weighted by molar-refractivity contribution is 5.33. The van der Waals surface area contributed by atoms with Gasteiger partial charge in [-0.25, -0.2) is 0 Å². The lowest BCUT2D eigenvalue weighted by molar-refractivity contribution is 0.132. The van der Waals surface area contributed by atoms with Gasteiger partial charge >= 0.3 is 0 Å². The van der Waals surface area contributed by atoms with Gasteiger partial charge in [0.15, 0.2) is 0 Å². The Hall–Kier alpha value is -0.860. The van der Waals surface area contributed by atoms with Gasteiger partial charge in [-0.05, 0) is 49.3 Å². The van der Waals surface area contributed by atoms with E-state index < -0.39 is 0 Å². The fraction of sp³-hybridized carbons (Fsp3) is 0.625. The lowest BCUT2D eigenvalue weighted by atomic mass is 10.0. The summed E-state index contributed by atoms with van der Waals surface area (Å²) in [4.78, 5) is 0. The molecule has 0 aromatic heterocycles. The van der Waals surface area contributed by atoms with Crippen LogP contribution in [0.1, 0.15) is 49.7 Å². The topological polar surface area (TPSA) is 21.3 Å². The van der Waals surface area contributed by atoms with Gasteiger partial charge in [0.05, 0.1) is 0 Å². The molecular formula is C16H25NO. The van der Waals surface area contributed by atoms with Crippen LogP contribution in [0.3, 0.4) is 0 Å². The molecule has 0 atom stereocenters. The van der Waals surface area contributed by atoms with Gasteiger partial charge in [0.1, 0.15) is 0 Å². The molecule has 1 aliphatic rings. The zero-order chi connectivity index (χ0) is 12.6. The van der Waals surface area contributed by atoms with Crippen LogP contribution in [0.15, 0.2) is 24.3 Å². The third-order valence-corrected chi connectivity index (χ3v) is 3.38. The minimum atomic E-state index is 0.843.